The van der Waals surface area contributed by atoms with Crippen LogP contribution in [0.25, 0.3) is 11.1 Å². The maximum Gasteiger partial charge on any atom is 0.417 e. The molecule has 0 atom stereocenters. The van der Waals surface area contributed by atoms with Crippen molar-refractivity contribution in [2.24, 2.45) is 0 Å². The highest BCUT2D eigenvalue weighted by Crippen LogP contribution is 2.33. The Kier molecular flexibility index (Phi) is 10.3. The summed E-state index contributed by atoms with van der Waals surface area (Å²) < 4.78 is 66.2. The van der Waals surface area contributed by atoms with E-state index < -0.39 is 26.8 Å². The van der Waals surface area contributed by atoms with E-state index in [0.29, 0.717) is 12.1 Å². The standard InChI is InChI=1S/C12H10.C9H12S.C7H5F3O3S/c1-3-7-11(8-4-1)12-9-5-2-6-10-12;1-6-4-7(2)9(10)8(3)5-6;8-7(9,10)5-3-1-2-4-6(5)14(11,12)13/h1-10H;4-5,10H,1-3H3;1-4H,(H,11,12,13). The summed E-state index contributed by atoms with van der Waals surface area (Å²) in [7, 11) is -4.84. The van der Waals surface area contributed by atoms with Crippen molar-refractivity contribution < 1.29 is 26.1 Å². The van der Waals surface area contributed by atoms with Gasteiger partial charge in [-0.25, -0.2) is 0 Å². The van der Waals surface area contributed by atoms with Crippen LogP contribution in [0.1, 0.15) is 22.3 Å². The molecule has 0 radical (unpaired) electrons. The van der Waals surface area contributed by atoms with Crippen LogP contribution in [0.15, 0.2) is 107 Å². The van der Waals surface area contributed by atoms with E-state index in [9.17, 15) is 21.6 Å². The van der Waals surface area contributed by atoms with Gasteiger partial charge in [0.2, 0.25) is 0 Å². The molecule has 0 spiro atoms. The molecule has 4 aromatic carbocycles. The molecule has 8 heteroatoms. The highest BCUT2D eigenvalue weighted by molar-refractivity contribution is 7.85. The minimum atomic E-state index is -4.84. The first-order chi connectivity index (χ1) is 16.8. The Morgan fingerprint density at radius 1 is 0.694 bits per heavy atom. The van der Waals surface area contributed by atoms with Crippen LogP contribution in [0, 0.1) is 20.8 Å². The van der Waals surface area contributed by atoms with Crippen molar-refractivity contribution in [3.05, 3.63) is 119 Å². The SMILES string of the molecule is Cc1cc(C)c(S)c(C)c1.O=S(=O)(O)c1ccccc1C(F)(F)F.c1ccc(-c2ccccc2)cc1. The van der Waals surface area contributed by atoms with E-state index in [1.807, 2.05) is 12.1 Å². The third kappa shape index (κ3) is 8.86. The highest BCUT2D eigenvalue weighted by atomic mass is 32.2. The molecule has 0 aliphatic rings. The van der Waals surface area contributed by atoms with Crippen LogP contribution in [0.2, 0.25) is 0 Å². The molecule has 0 fully saturated rings. The molecule has 0 aliphatic carbocycles. The molecule has 1 N–H and O–H groups in total. The molecule has 190 valence electrons. The van der Waals surface area contributed by atoms with Gasteiger partial charge in [-0.1, -0.05) is 90.5 Å². The minimum absolute atomic E-state index is 0.586. The number of rotatable bonds is 2. The second-order valence-electron chi connectivity index (χ2n) is 7.95. The molecule has 0 amide bonds. The van der Waals surface area contributed by atoms with Gasteiger partial charge in [-0.2, -0.15) is 21.6 Å². The lowest BCUT2D eigenvalue weighted by Crippen LogP contribution is -2.12. The first-order valence-electron chi connectivity index (χ1n) is 10.8. The van der Waals surface area contributed by atoms with Crippen LogP contribution in [0.4, 0.5) is 13.2 Å². The number of hydrogen-bond donors (Lipinski definition) is 2. The zero-order chi connectivity index (χ0) is 26.9. The van der Waals surface area contributed by atoms with Gasteiger partial charge in [0.05, 0.1) is 5.56 Å². The lowest BCUT2D eigenvalue weighted by atomic mass is 10.1. The predicted octanol–water partition coefficient (Wildman–Crippen LogP) is 8.21. The van der Waals surface area contributed by atoms with Crippen molar-refractivity contribution in [3.63, 3.8) is 0 Å². The second-order valence-corrected chi connectivity index (χ2v) is 9.79. The molecular formula is C28H27F3O3S2. The predicted molar refractivity (Wildman–Crippen MR) is 141 cm³/mol. The first kappa shape index (κ1) is 29.2. The van der Waals surface area contributed by atoms with E-state index in [1.54, 1.807) is 0 Å². The van der Waals surface area contributed by atoms with E-state index in [2.05, 4.69) is 94.1 Å². The Morgan fingerprint density at radius 2 is 1.08 bits per heavy atom. The Morgan fingerprint density at radius 3 is 1.44 bits per heavy atom. The Labute approximate surface area is 215 Å². The summed E-state index contributed by atoms with van der Waals surface area (Å²) in [5, 5.41) is 0. The van der Waals surface area contributed by atoms with Crippen LogP contribution in [0.3, 0.4) is 0 Å². The van der Waals surface area contributed by atoms with E-state index in [4.69, 9.17) is 4.55 Å². The number of thiol groups is 1. The fourth-order valence-corrected chi connectivity index (χ4v) is 4.20. The molecule has 0 bridgehead atoms. The normalized spacial score (nSPS) is 11.0. The van der Waals surface area contributed by atoms with Gasteiger partial charge in [0.1, 0.15) is 4.90 Å². The van der Waals surface area contributed by atoms with Gasteiger partial charge >= 0.3 is 6.18 Å². The Balaban J connectivity index is 0.000000193. The van der Waals surface area contributed by atoms with E-state index in [-0.39, 0.29) is 0 Å². The average molecular weight is 533 g/mol. The molecule has 3 nitrogen and oxygen atoms in total. The van der Waals surface area contributed by atoms with Gasteiger partial charge in [0, 0.05) is 4.90 Å². The summed E-state index contributed by atoms with van der Waals surface area (Å²) in [5.41, 5.74) is 5.02. The van der Waals surface area contributed by atoms with Crippen LogP contribution < -0.4 is 0 Å². The van der Waals surface area contributed by atoms with Gasteiger partial charge in [0.15, 0.2) is 0 Å². The monoisotopic (exact) mass is 532 g/mol. The second kappa shape index (κ2) is 12.8. The number of benzene rings is 4. The smallest absolute Gasteiger partial charge is 0.282 e. The van der Waals surface area contributed by atoms with Crippen molar-refractivity contribution in [2.45, 2.75) is 36.7 Å². The third-order valence-electron chi connectivity index (χ3n) is 4.99. The van der Waals surface area contributed by atoms with Gasteiger partial charge in [-0.3, -0.25) is 4.55 Å². The van der Waals surface area contributed by atoms with E-state index in [0.717, 1.165) is 17.0 Å². The quantitative estimate of drug-likeness (QED) is 0.202. The molecule has 0 aliphatic heterocycles. The molecule has 36 heavy (non-hydrogen) atoms. The van der Waals surface area contributed by atoms with Crippen LogP contribution in [-0.2, 0) is 16.3 Å². The lowest BCUT2D eigenvalue weighted by molar-refractivity contribution is -0.140. The van der Waals surface area contributed by atoms with Crippen molar-refractivity contribution in [3.8, 4) is 11.1 Å². The molecule has 4 rings (SSSR count). The molecule has 0 unspecified atom stereocenters. The summed E-state index contributed by atoms with van der Waals surface area (Å²) in [5.74, 6) is 0. The molecule has 0 saturated heterocycles. The summed E-state index contributed by atoms with van der Waals surface area (Å²) >= 11 is 4.36. The fraction of sp³-hybridized carbons (Fsp3) is 0.143. The fourth-order valence-electron chi connectivity index (χ4n) is 3.36. The van der Waals surface area contributed by atoms with Crippen molar-refractivity contribution in [1.82, 2.24) is 0 Å². The zero-order valence-electron chi connectivity index (χ0n) is 20.0. The van der Waals surface area contributed by atoms with Crippen LogP contribution in [0.5, 0.6) is 0 Å². The number of hydrogen-bond acceptors (Lipinski definition) is 3. The van der Waals surface area contributed by atoms with Crippen molar-refractivity contribution in [2.75, 3.05) is 0 Å². The third-order valence-corrected chi connectivity index (χ3v) is 6.60. The van der Waals surface area contributed by atoms with Crippen molar-refractivity contribution in [1.29, 1.82) is 0 Å². The first-order valence-corrected chi connectivity index (χ1v) is 12.7. The lowest BCUT2D eigenvalue weighted by Gasteiger charge is -2.09. The molecule has 0 heterocycles. The van der Waals surface area contributed by atoms with Gasteiger partial charge < -0.3 is 0 Å². The topological polar surface area (TPSA) is 54.4 Å². The summed E-state index contributed by atoms with van der Waals surface area (Å²) in [6.07, 6.45) is -4.80. The van der Waals surface area contributed by atoms with Crippen molar-refractivity contribution >= 4 is 22.7 Å². The highest BCUT2D eigenvalue weighted by Gasteiger charge is 2.36. The minimum Gasteiger partial charge on any atom is -0.282 e. The number of aryl methyl sites for hydroxylation is 3. The van der Waals surface area contributed by atoms with Gasteiger partial charge in [-0.15, -0.1) is 12.6 Å². The zero-order valence-corrected chi connectivity index (χ0v) is 21.7. The maximum absolute atomic E-state index is 12.2. The average Bonchev–Trinajstić information content (AvgIpc) is 2.83. The molecular weight excluding hydrogens is 505 g/mol. The summed E-state index contributed by atoms with van der Waals surface area (Å²) in [4.78, 5) is -0.0156. The van der Waals surface area contributed by atoms with E-state index in [1.165, 1.54) is 27.8 Å². The summed E-state index contributed by atoms with van der Waals surface area (Å²) in [6.45, 7) is 6.28. The molecule has 4 aromatic rings. The Bertz CT molecular complexity index is 1310. The van der Waals surface area contributed by atoms with Gasteiger partial charge in [-0.05, 0) is 55.2 Å². The largest absolute Gasteiger partial charge is 0.417 e. The van der Waals surface area contributed by atoms with Gasteiger partial charge in [0.25, 0.3) is 10.1 Å². The van der Waals surface area contributed by atoms with Crippen LogP contribution >= 0.6 is 12.6 Å². The van der Waals surface area contributed by atoms with E-state index >= 15 is 0 Å². The van der Waals surface area contributed by atoms with Crippen LogP contribution in [-0.4, -0.2) is 13.0 Å². The summed E-state index contributed by atoms with van der Waals surface area (Å²) in [6, 6.07) is 28.5. The molecule has 0 saturated carbocycles. The molecule has 0 aromatic heterocycles. The maximum atomic E-state index is 12.2. The number of halogens is 3. The Hall–Kier alpha value is -3.07. The number of alkyl halides is 3.